The van der Waals surface area contributed by atoms with Gasteiger partial charge in [-0.25, -0.2) is 0 Å². The van der Waals surface area contributed by atoms with Crippen LogP contribution in [0.15, 0.2) is 23.3 Å². The van der Waals surface area contributed by atoms with Crippen LogP contribution in [-0.4, -0.2) is 0 Å². The monoisotopic (exact) mass is 164 g/mol. The standard InChI is InChI=1S/C12H20/c1-5-12(4,6-2)11-8-7-10(3)9-11/h8-9H,5-7H2,1-4H3. The summed E-state index contributed by atoms with van der Waals surface area (Å²) in [5, 5.41) is 0. The quantitative estimate of drug-likeness (QED) is 0.589. The van der Waals surface area contributed by atoms with Crippen molar-refractivity contribution in [3.05, 3.63) is 23.3 Å². The van der Waals surface area contributed by atoms with Crippen molar-refractivity contribution in [2.45, 2.75) is 47.0 Å². The van der Waals surface area contributed by atoms with E-state index in [4.69, 9.17) is 0 Å². The van der Waals surface area contributed by atoms with Crippen molar-refractivity contribution in [1.82, 2.24) is 0 Å². The van der Waals surface area contributed by atoms with Crippen molar-refractivity contribution in [1.29, 1.82) is 0 Å². The molecule has 0 atom stereocenters. The average Bonchev–Trinajstić information content (AvgIpc) is 2.51. The van der Waals surface area contributed by atoms with Crippen LogP contribution in [0.1, 0.15) is 47.0 Å². The molecule has 0 unspecified atom stereocenters. The summed E-state index contributed by atoms with van der Waals surface area (Å²) in [5.74, 6) is 0. The van der Waals surface area contributed by atoms with Crippen molar-refractivity contribution in [2.24, 2.45) is 5.41 Å². The summed E-state index contributed by atoms with van der Waals surface area (Å²) in [6.45, 7) is 9.15. The van der Waals surface area contributed by atoms with Gasteiger partial charge in [0.1, 0.15) is 0 Å². The summed E-state index contributed by atoms with van der Waals surface area (Å²) in [6, 6.07) is 0. The fourth-order valence-corrected chi connectivity index (χ4v) is 1.73. The molecule has 0 heteroatoms. The molecule has 0 aromatic heterocycles. The maximum atomic E-state index is 2.39. The zero-order valence-corrected chi connectivity index (χ0v) is 8.78. The van der Waals surface area contributed by atoms with Gasteiger partial charge in [-0.1, -0.05) is 38.5 Å². The maximum absolute atomic E-state index is 2.39. The van der Waals surface area contributed by atoms with Gasteiger partial charge in [-0.05, 0) is 37.2 Å². The highest BCUT2D eigenvalue weighted by atomic mass is 14.3. The molecule has 0 saturated carbocycles. The van der Waals surface area contributed by atoms with Crippen molar-refractivity contribution in [2.75, 3.05) is 0 Å². The van der Waals surface area contributed by atoms with E-state index in [1.807, 2.05) is 0 Å². The average molecular weight is 164 g/mol. The lowest BCUT2D eigenvalue weighted by Gasteiger charge is -2.27. The zero-order chi connectivity index (χ0) is 9.19. The number of rotatable bonds is 3. The predicted molar refractivity (Wildman–Crippen MR) is 55.1 cm³/mol. The second kappa shape index (κ2) is 3.47. The molecule has 68 valence electrons. The first-order valence-electron chi connectivity index (χ1n) is 5.00. The van der Waals surface area contributed by atoms with Gasteiger partial charge in [0, 0.05) is 0 Å². The van der Waals surface area contributed by atoms with Crippen LogP contribution in [0.2, 0.25) is 0 Å². The molecule has 0 aromatic rings. The number of hydrogen-bond donors (Lipinski definition) is 0. The Morgan fingerprint density at radius 1 is 1.33 bits per heavy atom. The van der Waals surface area contributed by atoms with Crippen molar-refractivity contribution >= 4 is 0 Å². The van der Waals surface area contributed by atoms with E-state index < -0.39 is 0 Å². The molecule has 0 fully saturated rings. The van der Waals surface area contributed by atoms with Crippen molar-refractivity contribution in [3.8, 4) is 0 Å². The number of allylic oxidation sites excluding steroid dienone is 4. The molecular formula is C12H20. The molecule has 0 N–H and O–H groups in total. The Hall–Kier alpha value is -0.520. The minimum atomic E-state index is 0.428. The van der Waals surface area contributed by atoms with E-state index in [9.17, 15) is 0 Å². The molecule has 12 heavy (non-hydrogen) atoms. The molecule has 0 radical (unpaired) electrons. The molecule has 1 rings (SSSR count). The highest BCUT2D eigenvalue weighted by Crippen LogP contribution is 2.38. The van der Waals surface area contributed by atoms with Crippen LogP contribution in [0.5, 0.6) is 0 Å². The summed E-state index contributed by atoms with van der Waals surface area (Å²) in [5.41, 5.74) is 3.50. The van der Waals surface area contributed by atoms with Gasteiger partial charge in [-0.15, -0.1) is 0 Å². The van der Waals surface area contributed by atoms with E-state index in [-0.39, 0.29) is 0 Å². The second-order valence-electron chi connectivity index (χ2n) is 4.12. The summed E-state index contributed by atoms with van der Waals surface area (Å²) in [4.78, 5) is 0. The van der Waals surface area contributed by atoms with Gasteiger partial charge in [-0.3, -0.25) is 0 Å². The molecule has 0 bridgehead atoms. The van der Waals surface area contributed by atoms with E-state index in [0.29, 0.717) is 5.41 Å². The molecule has 1 aliphatic rings. The Balaban J connectivity index is 2.81. The summed E-state index contributed by atoms with van der Waals surface area (Å²) >= 11 is 0. The molecule has 0 heterocycles. The van der Waals surface area contributed by atoms with Crippen LogP contribution in [0.4, 0.5) is 0 Å². The first kappa shape index (κ1) is 9.57. The molecule has 0 saturated heterocycles. The molecule has 0 amide bonds. The zero-order valence-electron chi connectivity index (χ0n) is 8.78. The minimum absolute atomic E-state index is 0.428. The van der Waals surface area contributed by atoms with Crippen molar-refractivity contribution in [3.63, 3.8) is 0 Å². The Bertz CT molecular complexity index is 214. The lowest BCUT2D eigenvalue weighted by atomic mass is 9.78. The fourth-order valence-electron chi connectivity index (χ4n) is 1.73. The molecule has 0 aliphatic heterocycles. The van der Waals surface area contributed by atoms with Gasteiger partial charge in [0.15, 0.2) is 0 Å². The van der Waals surface area contributed by atoms with E-state index in [0.717, 1.165) is 0 Å². The largest absolute Gasteiger partial charge is 0.0767 e. The topological polar surface area (TPSA) is 0 Å². The van der Waals surface area contributed by atoms with Gasteiger partial charge in [0.05, 0.1) is 0 Å². The Morgan fingerprint density at radius 2 is 1.92 bits per heavy atom. The molecule has 0 aromatic carbocycles. The van der Waals surface area contributed by atoms with Gasteiger partial charge in [-0.2, -0.15) is 0 Å². The first-order chi connectivity index (χ1) is 5.62. The summed E-state index contributed by atoms with van der Waals surface area (Å²) < 4.78 is 0. The van der Waals surface area contributed by atoms with Gasteiger partial charge in [0.25, 0.3) is 0 Å². The van der Waals surface area contributed by atoms with Gasteiger partial charge < -0.3 is 0 Å². The second-order valence-corrected chi connectivity index (χ2v) is 4.12. The van der Waals surface area contributed by atoms with Crippen molar-refractivity contribution < 1.29 is 0 Å². The predicted octanol–water partition coefficient (Wildman–Crippen LogP) is 4.09. The lowest BCUT2D eigenvalue weighted by Crippen LogP contribution is -2.15. The fraction of sp³-hybridized carbons (Fsp3) is 0.667. The van der Waals surface area contributed by atoms with E-state index in [2.05, 4.69) is 39.8 Å². The SMILES string of the molecule is CCC(C)(CC)C1=CCC(C)=C1. The van der Waals surface area contributed by atoms with Gasteiger partial charge >= 0.3 is 0 Å². The third-order valence-corrected chi connectivity index (χ3v) is 3.30. The highest BCUT2D eigenvalue weighted by Gasteiger charge is 2.24. The molecule has 0 nitrogen and oxygen atoms in total. The normalized spacial score (nSPS) is 17.7. The third kappa shape index (κ3) is 1.63. The van der Waals surface area contributed by atoms with E-state index in [1.54, 1.807) is 5.57 Å². The smallest absolute Gasteiger partial charge is 0.00835 e. The molecule has 1 aliphatic carbocycles. The molecule has 0 spiro atoms. The summed E-state index contributed by atoms with van der Waals surface area (Å²) in [7, 11) is 0. The Morgan fingerprint density at radius 3 is 2.25 bits per heavy atom. The van der Waals surface area contributed by atoms with Crippen LogP contribution in [0.25, 0.3) is 0 Å². The Kier molecular flexibility index (Phi) is 2.76. The third-order valence-electron chi connectivity index (χ3n) is 3.30. The van der Waals surface area contributed by atoms with E-state index in [1.165, 1.54) is 24.8 Å². The maximum Gasteiger partial charge on any atom is -0.00835 e. The first-order valence-corrected chi connectivity index (χ1v) is 5.00. The van der Waals surface area contributed by atoms with Gasteiger partial charge in [0.2, 0.25) is 0 Å². The highest BCUT2D eigenvalue weighted by molar-refractivity contribution is 5.36. The van der Waals surface area contributed by atoms with Crippen LogP contribution in [0.3, 0.4) is 0 Å². The number of hydrogen-bond acceptors (Lipinski definition) is 0. The molecular weight excluding hydrogens is 144 g/mol. The Labute approximate surface area is 76.4 Å². The summed E-state index contributed by atoms with van der Waals surface area (Å²) in [6.07, 6.45) is 8.43. The van der Waals surface area contributed by atoms with Crippen LogP contribution < -0.4 is 0 Å². The lowest BCUT2D eigenvalue weighted by molar-refractivity contribution is 0.377. The van der Waals surface area contributed by atoms with Crippen LogP contribution >= 0.6 is 0 Å². The minimum Gasteiger partial charge on any atom is -0.0767 e. The van der Waals surface area contributed by atoms with Crippen LogP contribution in [0, 0.1) is 5.41 Å². The van der Waals surface area contributed by atoms with Crippen LogP contribution in [-0.2, 0) is 0 Å². The van der Waals surface area contributed by atoms with E-state index >= 15 is 0 Å².